The molecule has 2 aliphatic heterocycles. The molecule has 13 heteroatoms. The summed E-state index contributed by atoms with van der Waals surface area (Å²) in [5, 5.41) is 10.3. The van der Waals surface area contributed by atoms with Gasteiger partial charge in [-0.25, -0.2) is 15.1 Å². The van der Waals surface area contributed by atoms with Crippen LogP contribution in [0.2, 0.25) is 5.02 Å². The number of fused-ring (bicyclic) bond motifs is 1. The molecule has 0 radical (unpaired) electrons. The van der Waals surface area contributed by atoms with E-state index in [1.165, 1.54) is 0 Å². The first kappa shape index (κ1) is 28.1. The molecule has 11 nitrogen and oxygen atoms in total. The van der Waals surface area contributed by atoms with Crippen molar-refractivity contribution in [3.8, 4) is 5.75 Å². The van der Waals surface area contributed by atoms with Gasteiger partial charge in [-0.2, -0.15) is 0 Å². The van der Waals surface area contributed by atoms with Gasteiger partial charge in [0, 0.05) is 18.0 Å². The molecule has 3 N–H and O–H groups in total. The van der Waals surface area contributed by atoms with Crippen LogP contribution in [0.3, 0.4) is 0 Å². The lowest BCUT2D eigenvalue weighted by Crippen LogP contribution is -2.48. The number of hydrogen-bond acceptors (Lipinski definition) is 11. The molecule has 1 aromatic heterocycles. The van der Waals surface area contributed by atoms with E-state index in [2.05, 4.69) is 37.5 Å². The maximum Gasteiger partial charge on any atom is 0.326 e. The molecule has 4 unspecified atom stereocenters. The molecule has 0 spiro atoms. The Labute approximate surface area is 235 Å². The SMILES string of the molecule is CNc1ncnc2c1NCN2C1OC(COP(NC(C)(C)C(=O)OC2CCC2)Oc2ccc(Cl)cc2)CC1C. The minimum atomic E-state index is -1.71. The lowest BCUT2D eigenvalue weighted by Gasteiger charge is -2.33. The molecule has 4 atom stereocenters. The molecule has 2 aromatic rings. The van der Waals surface area contributed by atoms with Crippen molar-refractivity contribution < 1.29 is 23.3 Å². The number of nitrogens with one attached hydrogen (secondary N) is 3. The minimum Gasteiger partial charge on any atom is -0.461 e. The number of nitrogens with zero attached hydrogens (tertiary/aromatic N) is 3. The second-order valence-electron chi connectivity index (χ2n) is 10.6. The van der Waals surface area contributed by atoms with E-state index in [0.29, 0.717) is 24.0 Å². The van der Waals surface area contributed by atoms with Gasteiger partial charge in [-0.1, -0.05) is 18.5 Å². The molecule has 1 saturated heterocycles. The van der Waals surface area contributed by atoms with Crippen molar-refractivity contribution in [2.45, 2.75) is 70.4 Å². The number of anilines is 3. The monoisotopic (exact) mass is 578 g/mol. The van der Waals surface area contributed by atoms with E-state index in [9.17, 15) is 4.79 Å². The molecule has 1 saturated carbocycles. The zero-order valence-corrected chi connectivity index (χ0v) is 24.3. The van der Waals surface area contributed by atoms with Gasteiger partial charge in [0.25, 0.3) is 0 Å². The van der Waals surface area contributed by atoms with Crippen LogP contribution in [0.25, 0.3) is 0 Å². The summed E-state index contributed by atoms with van der Waals surface area (Å²) in [5.41, 5.74) is -0.133. The van der Waals surface area contributed by atoms with Gasteiger partial charge in [-0.05, 0) is 63.8 Å². The largest absolute Gasteiger partial charge is 0.461 e. The minimum absolute atomic E-state index is 0.00659. The van der Waals surface area contributed by atoms with Gasteiger partial charge in [0.05, 0.1) is 19.4 Å². The van der Waals surface area contributed by atoms with Gasteiger partial charge in [-0.15, -0.1) is 0 Å². The van der Waals surface area contributed by atoms with E-state index in [1.54, 1.807) is 44.4 Å². The van der Waals surface area contributed by atoms with E-state index in [4.69, 9.17) is 30.1 Å². The number of benzene rings is 1. The number of esters is 1. The molecule has 2 fully saturated rings. The standard InChI is InChI=1S/C26H36ClN6O5P/c1-16-12-20(36-24(16)33-15-31-21-22(28-4)29-14-30-23(21)33)13-35-39(38-19-10-8-17(27)9-11-19)32-26(2,3)25(34)37-18-6-5-7-18/h8-11,14,16,18,20,24,31-32H,5-7,12-13,15H2,1-4H3,(H,28,29,30). The number of aromatic nitrogens is 2. The molecule has 0 amide bonds. The van der Waals surface area contributed by atoms with Crippen LogP contribution < -0.4 is 25.1 Å². The Morgan fingerprint density at radius 2 is 2.05 bits per heavy atom. The van der Waals surface area contributed by atoms with Crippen molar-refractivity contribution in [1.82, 2.24) is 15.1 Å². The lowest BCUT2D eigenvalue weighted by atomic mass is 9.96. The number of rotatable bonds is 11. The Morgan fingerprint density at radius 1 is 1.28 bits per heavy atom. The molecule has 1 aliphatic carbocycles. The van der Waals surface area contributed by atoms with E-state index in [0.717, 1.165) is 43.0 Å². The van der Waals surface area contributed by atoms with Gasteiger partial charge in [0.1, 0.15) is 35.6 Å². The number of ether oxygens (including phenoxy) is 2. The summed E-state index contributed by atoms with van der Waals surface area (Å²) >= 11 is 6.05. The quantitative estimate of drug-likeness (QED) is 0.249. The number of carbonyl (C=O) groups is 1. The summed E-state index contributed by atoms with van der Waals surface area (Å²) in [5.74, 6) is 2.07. The van der Waals surface area contributed by atoms with Crippen molar-refractivity contribution in [1.29, 1.82) is 0 Å². The number of halogens is 1. The normalized spacial score (nSPS) is 23.5. The summed E-state index contributed by atoms with van der Waals surface area (Å²) in [6.07, 6.45) is 4.92. The van der Waals surface area contributed by atoms with Crippen LogP contribution in [0, 0.1) is 5.92 Å². The molecule has 3 aliphatic rings. The summed E-state index contributed by atoms with van der Waals surface area (Å²) in [6, 6.07) is 7.03. The number of hydrogen-bond donors (Lipinski definition) is 3. The van der Waals surface area contributed by atoms with E-state index < -0.39 is 14.1 Å². The Hall–Kier alpha value is -2.43. The average Bonchev–Trinajstić information content (AvgIpc) is 3.48. The first-order chi connectivity index (χ1) is 18.7. The Balaban J connectivity index is 1.23. The van der Waals surface area contributed by atoms with Crippen molar-refractivity contribution in [3.05, 3.63) is 35.6 Å². The van der Waals surface area contributed by atoms with Crippen LogP contribution >= 0.6 is 20.1 Å². The van der Waals surface area contributed by atoms with Gasteiger partial charge in [0.15, 0.2) is 11.6 Å². The molecular formula is C26H36ClN6O5P. The molecule has 39 heavy (non-hydrogen) atoms. The lowest BCUT2D eigenvalue weighted by molar-refractivity contribution is -0.159. The highest BCUT2D eigenvalue weighted by Crippen LogP contribution is 2.42. The fraction of sp³-hybridized carbons (Fsp3) is 0.577. The van der Waals surface area contributed by atoms with Crippen LogP contribution in [0.4, 0.5) is 17.3 Å². The van der Waals surface area contributed by atoms with Gasteiger partial charge in [-0.3, -0.25) is 4.79 Å². The second-order valence-corrected chi connectivity index (χ2v) is 12.2. The van der Waals surface area contributed by atoms with Crippen LogP contribution in [0.1, 0.15) is 46.5 Å². The van der Waals surface area contributed by atoms with Crippen molar-refractivity contribution >= 4 is 43.4 Å². The highest BCUT2D eigenvalue weighted by molar-refractivity contribution is 7.45. The van der Waals surface area contributed by atoms with Gasteiger partial charge >= 0.3 is 14.5 Å². The van der Waals surface area contributed by atoms with Gasteiger partial charge < -0.3 is 34.1 Å². The summed E-state index contributed by atoms with van der Waals surface area (Å²) in [7, 11) is 0.124. The first-order valence-corrected chi connectivity index (χ1v) is 14.8. The third-order valence-electron chi connectivity index (χ3n) is 7.11. The summed E-state index contributed by atoms with van der Waals surface area (Å²) in [6.45, 7) is 6.59. The maximum atomic E-state index is 12.9. The predicted octanol–water partition coefficient (Wildman–Crippen LogP) is 4.90. The van der Waals surface area contributed by atoms with Crippen molar-refractivity contribution in [2.75, 3.05) is 35.9 Å². The average molecular weight is 579 g/mol. The van der Waals surface area contributed by atoms with Crippen LogP contribution in [0.15, 0.2) is 30.6 Å². The summed E-state index contributed by atoms with van der Waals surface area (Å²) < 4.78 is 24.5. The van der Waals surface area contributed by atoms with Crippen LogP contribution in [-0.2, 0) is 18.8 Å². The first-order valence-electron chi connectivity index (χ1n) is 13.3. The fourth-order valence-electron chi connectivity index (χ4n) is 4.69. The fourth-order valence-corrected chi connectivity index (χ4v) is 6.14. The molecular weight excluding hydrogens is 543 g/mol. The van der Waals surface area contributed by atoms with Crippen molar-refractivity contribution in [3.63, 3.8) is 0 Å². The van der Waals surface area contributed by atoms with Crippen molar-refractivity contribution in [2.24, 2.45) is 5.92 Å². The molecule has 0 bridgehead atoms. The Kier molecular flexibility index (Phi) is 8.63. The van der Waals surface area contributed by atoms with E-state index in [-0.39, 0.29) is 30.3 Å². The van der Waals surface area contributed by atoms with E-state index in [1.807, 2.05) is 7.05 Å². The molecule has 5 rings (SSSR count). The third-order valence-corrected chi connectivity index (χ3v) is 8.86. The maximum absolute atomic E-state index is 12.9. The zero-order chi connectivity index (χ0) is 27.6. The number of carbonyl (C=O) groups excluding carboxylic acids is 1. The zero-order valence-electron chi connectivity index (χ0n) is 22.6. The Bertz CT molecular complexity index is 1150. The Morgan fingerprint density at radius 3 is 2.74 bits per heavy atom. The van der Waals surface area contributed by atoms with Crippen LogP contribution in [-0.4, -0.2) is 60.2 Å². The third kappa shape index (κ3) is 6.49. The van der Waals surface area contributed by atoms with E-state index >= 15 is 0 Å². The second kappa shape index (κ2) is 12.0. The van der Waals surface area contributed by atoms with Gasteiger partial charge in [0.2, 0.25) is 0 Å². The topological polar surface area (TPSA) is 119 Å². The molecule has 1 aromatic carbocycles. The predicted molar refractivity (Wildman–Crippen MR) is 151 cm³/mol. The molecule has 212 valence electrons. The smallest absolute Gasteiger partial charge is 0.326 e. The summed E-state index contributed by atoms with van der Waals surface area (Å²) in [4.78, 5) is 23.8. The highest BCUT2D eigenvalue weighted by atomic mass is 35.5. The van der Waals surface area contributed by atoms with Crippen LogP contribution in [0.5, 0.6) is 5.75 Å². The molecule has 3 heterocycles. The highest BCUT2D eigenvalue weighted by Gasteiger charge is 2.41.